The predicted molar refractivity (Wildman–Crippen MR) is 60.6 cm³/mol. The molecule has 0 amide bonds. The van der Waals surface area contributed by atoms with Gasteiger partial charge in [-0.2, -0.15) is 0 Å². The third-order valence-electron chi connectivity index (χ3n) is 2.16. The van der Waals surface area contributed by atoms with Gasteiger partial charge in [0, 0.05) is 11.8 Å². The number of nitrogens with one attached hydrogen (secondary N) is 1. The second-order valence-corrected chi connectivity index (χ2v) is 3.24. The zero-order valence-electron chi connectivity index (χ0n) is 8.14. The van der Waals surface area contributed by atoms with Crippen LogP contribution in [0.1, 0.15) is 5.56 Å². The Balaban J connectivity index is 2.35. The summed E-state index contributed by atoms with van der Waals surface area (Å²) in [4.78, 5) is 0. The molecule has 0 saturated carbocycles. The van der Waals surface area contributed by atoms with Gasteiger partial charge in [-0.15, -0.1) is 0 Å². The van der Waals surface area contributed by atoms with E-state index in [1.54, 1.807) is 18.3 Å². The van der Waals surface area contributed by atoms with E-state index in [-0.39, 0.29) is 5.75 Å². The molecular weight excluding hydrogens is 188 g/mol. The lowest BCUT2D eigenvalue weighted by molar-refractivity contribution is 0.474. The highest BCUT2D eigenvalue weighted by molar-refractivity contribution is 5.63. The van der Waals surface area contributed by atoms with Crippen molar-refractivity contribution in [3.8, 4) is 5.75 Å². The van der Waals surface area contributed by atoms with Gasteiger partial charge in [-0.05, 0) is 24.3 Å². The first kappa shape index (κ1) is 9.40. The lowest BCUT2D eigenvalue weighted by atomic mass is 10.1. The number of hydrogen-bond acceptors (Lipinski definition) is 3. The average Bonchev–Trinajstić information content (AvgIpc) is 2.24. The zero-order valence-corrected chi connectivity index (χ0v) is 8.14. The van der Waals surface area contributed by atoms with Crippen LogP contribution in [0.5, 0.6) is 5.75 Å². The number of allylic oxidation sites excluding steroid dienone is 2. The van der Waals surface area contributed by atoms with Crippen molar-refractivity contribution in [2.75, 3.05) is 0 Å². The topological polar surface area (TPSA) is 58.3 Å². The van der Waals surface area contributed by atoms with Gasteiger partial charge in [0.2, 0.25) is 0 Å². The molecule has 3 nitrogen and oxygen atoms in total. The predicted octanol–water partition coefficient (Wildman–Crippen LogP) is 1.69. The summed E-state index contributed by atoms with van der Waals surface area (Å²) in [6, 6.07) is 7.12. The Morgan fingerprint density at radius 2 is 2.07 bits per heavy atom. The molecule has 1 aromatic rings. The maximum Gasteiger partial charge on any atom is 0.122 e. The van der Waals surface area contributed by atoms with Gasteiger partial charge in [-0.25, -0.2) is 0 Å². The van der Waals surface area contributed by atoms with Crippen LogP contribution in [0.4, 0.5) is 0 Å². The molecule has 1 aromatic carbocycles. The molecule has 0 spiro atoms. The molecule has 0 radical (unpaired) electrons. The molecule has 4 N–H and O–H groups in total. The molecule has 15 heavy (non-hydrogen) atoms. The third kappa shape index (κ3) is 2.02. The molecular formula is C12H12N2O. The molecule has 0 fully saturated rings. The first-order valence-electron chi connectivity index (χ1n) is 4.66. The van der Waals surface area contributed by atoms with Crippen molar-refractivity contribution in [1.82, 2.24) is 5.32 Å². The van der Waals surface area contributed by atoms with E-state index in [0.717, 1.165) is 11.3 Å². The SMILES string of the molecule is NC1=CC=CNC1=Cc1ccccc1O. The van der Waals surface area contributed by atoms with Gasteiger partial charge in [0.25, 0.3) is 0 Å². The standard InChI is InChI=1S/C12H12N2O/c13-10-5-3-7-14-11(10)8-9-4-1-2-6-12(9)15/h1-8,14-15H,13H2. The molecule has 1 heterocycles. The quantitative estimate of drug-likeness (QED) is 0.646. The molecule has 0 bridgehead atoms. The molecule has 3 heteroatoms. The van der Waals surface area contributed by atoms with Crippen molar-refractivity contribution in [1.29, 1.82) is 0 Å². The molecule has 76 valence electrons. The minimum absolute atomic E-state index is 0.245. The lowest BCUT2D eigenvalue weighted by Crippen LogP contribution is -2.15. The molecule has 0 saturated heterocycles. The van der Waals surface area contributed by atoms with Gasteiger partial charge in [0.15, 0.2) is 0 Å². The molecule has 0 aliphatic carbocycles. The molecule has 0 atom stereocenters. The normalized spacial score (nSPS) is 17.3. The highest BCUT2D eigenvalue weighted by atomic mass is 16.3. The van der Waals surface area contributed by atoms with Crippen molar-refractivity contribution in [3.05, 3.63) is 59.6 Å². The zero-order chi connectivity index (χ0) is 10.7. The smallest absolute Gasteiger partial charge is 0.122 e. The van der Waals surface area contributed by atoms with E-state index in [2.05, 4.69) is 5.32 Å². The van der Waals surface area contributed by atoms with Gasteiger partial charge in [-0.1, -0.05) is 18.2 Å². The maximum atomic E-state index is 9.58. The summed E-state index contributed by atoms with van der Waals surface area (Å²) < 4.78 is 0. The van der Waals surface area contributed by atoms with Gasteiger partial charge in [-0.3, -0.25) is 0 Å². The number of phenolic OH excluding ortho intramolecular Hbond substituents is 1. The van der Waals surface area contributed by atoms with E-state index in [9.17, 15) is 5.11 Å². The van der Waals surface area contributed by atoms with Crippen LogP contribution >= 0.6 is 0 Å². The van der Waals surface area contributed by atoms with E-state index in [4.69, 9.17) is 5.73 Å². The largest absolute Gasteiger partial charge is 0.507 e. The number of phenols is 1. The van der Waals surface area contributed by atoms with Crippen LogP contribution < -0.4 is 11.1 Å². The van der Waals surface area contributed by atoms with Crippen LogP contribution in [0.15, 0.2) is 54.0 Å². The van der Waals surface area contributed by atoms with Crippen molar-refractivity contribution in [2.45, 2.75) is 0 Å². The van der Waals surface area contributed by atoms with E-state index < -0.39 is 0 Å². The molecule has 2 rings (SSSR count). The Morgan fingerprint density at radius 1 is 1.27 bits per heavy atom. The van der Waals surface area contributed by atoms with Crippen LogP contribution in [0.25, 0.3) is 6.08 Å². The van der Waals surface area contributed by atoms with E-state index in [1.807, 2.05) is 30.4 Å². The summed E-state index contributed by atoms with van der Waals surface area (Å²) in [5.41, 5.74) is 7.96. The van der Waals surface area contributed by atoms with Gasteiger partial charge in [0.1, 0.15) is 5.75 Å². The monoisotopic (exact) mass is 200 g/mol. The summed E-state index contributed by atoms with van der Waals surface area (Å²) in [5, 5.41) is 12.6. The molecule has 0 aromatic heterocycles. The van der Waals surface area contributed by atoms with Crippen molar-refractivity contribution < 1.29 is 5.11 Å². The van der Waals surface area contributed by atoms with Gasteiger partial charge in [0.05, 0.1) is 11.4 Å². The highest BCUT2D eigenvalue weighted by Crippen LogP contribution is 2.20. The number of rotatable bonds is 1. The summed E-state index contributed by atoms with van der Waals surface area (Å²) >= 11 is 0. The Hall–Kier alpha value is -2.16. The third-order valence-corrected chi connectivity index (χ3v) is 2.16. The van der Waals surface area contributed by atoms with E-state index in [1.165, 1.54) is 0 Å². The van der Waals surface area contributed by atoms with Crippen LogP contribution in [0, 0.1) is 0 Å². The lowest BCUT2D eigenvalue weighted by Gasteiger charge is -2.11. The Bertz CT molecular complexity index is 458. The second kappa shape index (κ2) is 3.92. The maximum absolute atomic E-state index is 9.58. The first-order valence-corrected chi connectivity index (χ1v) is 4.66. The van der Waals surface area contributed by atoms with Crippen LogP contribution in [-0.2, 0) is 0 Å². The molecule has 1 aliphatic heterocycles. The molecule has 1 aliphatic rings. The fraction of sp³-hybridized carbons (Fsp3) is 0. The van der Waals surface area contributed by atoms with Gasteiger partial charge < -0.3 is 16.2 Å². The highest BCUT2D eigenvalue weighted by Gasteiger charge is 2.03. The number of dihydropyridines is 1. The Morgan fingerprint density at radius 3 is 2.80 bits per heavy atom. The minimum Gasteiger partial charge on any atom is -0.507 e. The Labute approximate surface area is 88.2 Å². The fourth-order valence-corrected chi connectivity index (χ4v) is 1.35. The number of hydrogen-bond donors (Lipinski definition) is 3. The van der Waals surface area contributed by atoms with Gasteiger partial charge >= 0.3 is 0 Å². The number of para-hydroxylation sites is 1. The summed E-state index contributed by atoms with van der Waals surface area (Å²) in [7, 11) is 0. The van der Waals surface area contributed by atoms with Crippen LogP contribution in [-0.4, -0.2) is 5.11 Å². The van der Waals surface area contributed by atoms with Crippen molar-refractivity contribution in [3.63, 3.8) is 0 Å². The number of nitrogens with two attached hydrogens (primary N) is 1. The molecule has 0 unspecified atom stereocenters. The second-order valence-electron chi connectivity index (χ2n) is 3.24. The van der Waals surface area contributed by atoms with E-state index in [0.29, 0.717) is 5.70 Å². The fourth-order valence-electron chi connectivity index (χ4n) is 1.35. The average molecular weight is 200 g/mol. The summed E-state index contributed by atoms with van der Waals surface area (Å²) in [6.07, 6.45) is 7.24. The minimum atomic E-state index is 0.245. The number of aromatic hydroxyl groups is 1. The van der Waals surface area contributed by atoms with E-state index >= 15 is 0 Å². The van der Waals surface area contributed by atoms with Crippen molar-refractivity contribution in [2.24, 2.45) is 5.73 Å². The summed E-state index contributed by atoms with van der Waals surface area (Å²) in [5.74, 6) is 0.245. The Kier molecular flexibility index (Phi) is 2.46. The number of benzene rings is 1. The summed E-state index contributed by atoms with van der Waals surface area (Å²) in [6.45, 7) is 0. The van der Waals surface area contributed by atoms with Crippen LogP contribution in [0.2, 0.25) is 0 Å². The van der Waals surface area contributed by atoms with Crippen LogP contribution in [0.3, 0.4) is 0 Å². The first-order chi connectivity index (χ1) is 7.27. The van der Waals surface area contributed by atoms with Crippen molar-refractivity contribution >= 4 is 6.08 Å².